The topological polar surface area (TPSA) is 47.1 Å². The van der Waals surface area contributed by atoms with Crippen LogP contribution < -0.4 is 10.6 Å². The number of nitrogens with two attached hydrogens (primary N) is 1. The minimum Gasteiger partial charge on any atom is -0.394 e. The number of aromatic nitrogens is 2. The maximum atomic E-state index is 5.90. The molecule has 4 nitrogen and oxygen atoms in total. The first-order chi connectivity index (χ1) is 6.77. The van der Waals surface area contributed by atoms with Gasteiger partial charge in [0.25, 0.3) is 0 Å². The second kappa shape index (κ2) is 6.86. The van der Waals surface area contributed by atoms with Crippen LogP contribution in [0.4, 0.5) is 11.5 Å². The fraction of sp³-hybridized carbons (Fsp3) is 0.700. The van der Waals surface area contributed by atoms with Gasteiger partial charge in [-0.15, -0.1) is 24.8 Å². The molecule has 2 rings (SSSR count). The molecule has 0 radical (unpaired) electrons. The molecule has 0 saturated carbocycles. The molecule has 0 spiro atoms. The third kappa shape index (κ3) is 3.46. The molecule has 94 valence electrons. The van der Waals surface area contributed by atoms with E-state index in [1.807, 2.05) is 13.2 Å². The zero-order chi connectivity index (χ0) is 9.97. The van der Waals surface area contributed by atoms with Crippen molar-refractivity contribution >= 4 is 36.3 Å². The first-order valence-electron chi connectivity index (χ1n) is 5.31. The molecule has 0 atom stereocenters. The first kappa shape index (κ1) is 15.4. The normalized spacial score (nSPS) is 15.9. The van der Waals surface area contributed by atoms with Crippen LogP contribution in [-0.4, -0.2) is 22.9 Å². The van der Waals surface area contributed by atoms with Crippen LogP contribution in [0.2, 0.25) is 0 Å². The zero-order valence-corrected chi connectivity index (χ0v) is 11.2. The fourth-order valence-electron chi connectivity index (χ4n) is 2.02. The van der Waals surface area contributed by atoms with Crippen LogP contribution >= 0.6 is 24.8 Å². The van der Waals surface area contributed by atoms with Gasteiger partial charge in [-0.25, -0.2) is 0 Å². The van der Waals surface area contributed by atoms with E-state index in [1.165, 1.54) is 25.7 Å². The quantitative estimate of drug-likeness (QED) is 0.848. The van der Waals surface area contributed by atoms with Crippen LogP contribution in [0.15, 0.2) is 6.20 Å². The lowest BCUT2D eigenvalue weighted by atomic mass is 10.2. The maximum absolute atomic E-state index is 5.90. The van der Waals surface area contributed by atoms with Crippen molar-refractivity contribution in [2.24, 2.45) is 7.05 Å². The summed E-state index contributed by atoms with van der Waals surface area (Å²) in [6.07, 6.45) is 7.07. The lowest BCUT2D eigenvalue weighted by molar-refractivity contribution is 0.726. The number of nitrogens with zero attached hydrogens (tertiary/aromatic N) is 3. The molecule has 1 saturated heterocycles. The van der Waals surface area contributed by atoms with Gasteiger partial charge in [-0.1, -0.05) is 12.8 Å². The molecule has 1 aliphatic rings. The third-order valence-corrected chi connectivity index (χ3v) is 2.74. The SMILES string of the molecule is Cl.Cl.Cn1cc(N)c(N2CCCCCC2)n1. The van der Waals surface area contributed by atoms with E-state index in [2.05, 4.69) is 10.00 Å². The minimum atomic E-state index is 0. The molecule has 1 aromatic rings. The highest BCUT2D eigenvalue weighted by molar-refractivity contribution is 5.85. The van der Waals surface area contributed by atoms with Crippen LogP contribution in [0.5, 0.6) is 0 Å². The highest BCUT2D eigenvalue weighted by atomic mass is 35.5. The Balaban J connectivity index is 0.00000112. The van der Waals surface area contributed by atoms with E-state index in [0.717, 1.165) is 24.6 Å². The summed E-state index contributed by atoms with van der Waals surface area (Å²) in [6, 6.07) is 0. The second-order valence-electron chi connectivity index (χ2n) is 3.98. The summed E-state index contributed by atoms with van der Waals surface area (Å²) in [5.41, 5.74) is 6.70. The van der Waals surface area contributed by atoms with Gasteiger partial charge in [-0.2, -0.15) is 5.10 Å². The van der Waals surface area contributed by atoms with Gasteiger partial charge in [0, 0.05) is 26.3 Å². The number of aryl methyl sites for hydroxylation is 1. The smallest absolute Gasteiger partial charge is 0.173 e. The van der Waals surface area contributed by atoms with Crippen molar-refractivity contribution in [3.63, 3.8) is 0 Å². The van der Waals surface area contributed by atoms with Crippen molar-refractivity contribution in [1.29, 1.82) is 0 Å². The standard InChI is InChI=1S/C10H18N4.2ClH/c1-13-8-9(11)10(12-13)14-6-4-2-3-5-7-14;;/h8H,2-7,11H2,1H3;2*1H. The van der Waals surface area contributed by atoms with E-state index >= 15 is 0 Å². The molecule has 1 aliphatic heterocycles. The highest BCUT2D eigenvalue weighted by Gasteiger charge is 2.14. The summed E-state index contributed by atoms with van der Waals surface area (Å²) in [5, 5.41) is 4.39. The monoisotopic (exact) mass is 266 g/mol. The van der Waals surface area contributed by atoms with Gasteiger partial charge in [-0.3, -0.25) is 4.68 Å². The van der Waals surface area contributed by atoms with Crippen LogP contribution in [0.3, 0.4) is 0 Å². The summed E-state index contributed by atoms with van der Waals surface area (Å²) in [5.74, 6) is 0.967. The molecule has 1 aromatic heterocycles. The number of rotatable bonds is 1. The number of hydrogen-bond acceptors (Lipinski definition) is 3. The van der Waals surface area contributed by atoms with Crippen molar-refractivity contribution in [3.05, 3.63) is 6.20 Å². The number of nitrogen functional groups attached to an aromatic ring is 1. The van der Waals surface area contributed by atoms with Crippen LogP contribution in [-0.2, 0) is 7.05 Å². The van der Waals surface area contributed by atoms with E-state index in [-0.39, 0.29) is 24.8 Å². The maximum Gasteiger partial charge on any atom is 0.173 e. The fourth-order valence-corrected chi connectivity index (χ4v) is 2.02. The Bertz CT molecular complexity index is 306. The Morgan fingerprint density at radius 3 is 2.12 bits per heavy atom. The molecule has 0 bridgehead atoms. The third-order valence-electron chi connectivity index (χ3n) is 2.74. The van der Waals surface area contributed by atoms with Gasteiger partial charge in [0.15, 0.2) is 5.82 Å². The average molecular weight is 267 g/mol. The summed E-state index contributed by atoms with van der Waals surface area (Å²) >= 11 is 0. The van der Waals surface area contributed by atoms with Gasteiger partial charge < -0.3 is 10.6 Å². The van der Waals surface area contributed by atoms with E-state index in [4.69, 9.17) is 5.73 Å². The predicted molar refractivity (Wildman–Crippen MR) is 72.8 cm³/mol. The minimum absolute atomic E-state index is 0. The van der Waals surface area contributed by atoms with Crippen molar-refractivity contribution in [3.8, 4) is 0 Å². The van der Waals surface area contributed by atoms with E-state index in [1.54, 1.807) is 4.68 Å². The zero-order valence-electron chi connectivity index (χ0n) is 9.56. The van der Waals surface area contributed by atoms with Crippen molar-refractivity contribution in [1.82, 2.24) is 9.78 Å². The molecule has 16 heavy (non-hydrogen) atoms. The van der Waals surface area contributed by atoms with Crippen molar-refractivity contribution in [2.45, 2.75) is 25.7 Å². The lowest BCUT2D eigenvalue weighted by Gasteiger charge is -2.19. The van der Waals surface area contributed by atoms with Gasteiger partial charge in [-0.05, 0) is 12.8 Å². The molecule has 2 N–H and O–H groups in total. The number of halogens is 2. The molecule has 2 heterocycles. The van der Waals surface area contributed by atoms with Gasteiger partial charge in [0.05, 0.1) is 5.69 Å². The van der Waals surface area contributed by atoms with Crippen LogP contribution in [0, 0.1) is 0 Å². The predicted octanol–water partition coefficient (Wildman–Crippen LogP) is 2.23. The summed E-state index contributed by atoms with van der Waals surface area (Å²) in [4.78, 5) is 2.31. The Hall–Kier alpha value is -0.610. The van der Waals surface area contributed by atoms with Crippen LogP contribution in [0.25, 0.3) is 0 Å². The van der Waals surface area contributed by atoms with Gasteiger partial charge in [0.1, 0.15) is 0 Å². The summed E-state index contributed by atoms with van der Waals surface area (Å²) in [6.45, 7) is 2.20. The number of hydrogen-bond donors (Lipinski definition) is 1. The molecule has 0 unspecified atom stereocenters. The highest BCUT2D eigenvalue weighted by Crippen LogP contribution is 2.23. The van der Waals surface area contributed by atoms with Crippen molar-refractivity contribution < 1.29 is 0 Å². The molecule has 0 amide bonds. The number of anilines is 2. The molecule has 6 heteroatoms. The Kier molecular flexibility index (Phi) is 6.60. The van der Waals surface area contributed by atoms with Crippen LogP contribution in [0.1, 0.15) is 25.7 Å². The largest absolute Gasteiger partial charge is 0.394 e. The Morgan fingerprint density at radius 1 is 1.12 bits per heavy atom. The molecule has 0 aromatic carbocycles. The molecule has 1 fully saturated rings. The Labute approximate surface area is 109 Å². The van der Waals surface area contributed by atoms with E-state index in [0.29, 0.717) is 0 Å². The van der Waals surface area contributed by atoms with E-state index < -0.39 is 0 Å². The molecule has 0 aliphatic carbocycles. The lowest BCUT2D eigenvalue weighted by Crippen LogP contribution is -2.25. The van der Waals surface area contributed by atoms with E-state index in [9.17, 15) is 0 Å². The van der Waals surface area contributed by atoms with Gasteiger partial charge >= 0.3 is 0 Å². The first-order valence-corrected chi connectivity index (χ1v) is 5.31. The second-order valence-corrected chi connectivity index (χ2v) is 3.98. The average Bonchev–Trinajstić information content (AvgIpc) is 2.43. The molecular weight excluding hydrogens is 247 g/mol. The molecular formula is C10H20Cl2N4. The van der Waals surface area contributed by atoms with Gasteiger partial charge in [0.2, 0.25) is 0 Å². The summed E-state index contributed by atoms with van der Waals surface area (Å²) in [7, 11) is 1.91. The Morgan fingerprint density at radius 2 is 1.69 bits per heavy atom. The van der Waals surface area contributed by atoms with Crippen molar-refractivity contribution in [2.75, 3.05) is 23.7 Å². The summed E-state index contributed by atoms with van der Waals surface area (Å²) < 4.78 is 1.79.